The van der Waals surface area contributed by atoms with E-state index in [0.29, 0.717) is 12.1 Å². The molecule has 0 spiro atoms. The van der Waals surface area contributed by atoms with Gasteiger partial charge < -0.3 is 9.80 Å². The SMILES string of the molecule is C[C@H]1CCN(CCCCCCCN2CC[C@H](C)N(C=O)C2)CN1C=O. The third-order valence-electron chi connectivity index (χ3n) is 5.80. The van der Waals surface area contributed by atoms with Crippen LogP contribution in [-0.4, -0.2) is 84.0 Å². The van der Waals surface area contributed by atoms with E-state index in [1.54, 1.807) is 0 Å². The number of nitrogens with zero attached hydrogens (tertiary/aromatic N) is 4. The Labute approximate surface area is 153 Å². The Morgan fingerprint density at radius 3 is 1.52 bits per heavy atom. The van der Waals surface area contributed by atoms with Gasteiger partial charge in [0.15, 0.2) is 0 Å². The summed E-state index contributed by atoms with van der Waals surface area (Å²) in [6.07, 6.45) is 10.4. The molecule has 2 rings (SSSR count). The molecule has 25 heavy (non-hydrogen) atoms. The van der Waals surface area contributed by atoms with Gasteiger partial charge >= 0.3 is 0 Å². The van der Waals surface area contributed by atoms with Gasteiger partial charge in [-0.05, 0) is 52.6 Å². The van der Waals surface area contributed by atoms with Crippen LogP contribution in [0, 0.1) is 0 Å². The first-order valence-electron chi connectivity index (χ1n) is 10.0. The molecule has 2 aliphatic heterocycles. The van der Waals surface area contributed by atoms with Crippen molar-refractivity contribution >= 4 is 12.8 Å². The molecule has 0 aliphatic carbocycles. The second-order valence-corrected chi connectivity index (χ2v) is 7.80. The Bertz CT molecular complexity index is 371. The van der Waals surface area contributed by atoms with Crippen LogP contribution in [0.5, 0.6) is 0 Å². The average Bonchev–Trinajstić information content (AvgIpc) is 2.63. The Kier molecular flexibility index (Phi) is 8.68. The number of hydrogen-bond acceptors (Lipinski definition) is 4. The van der Waals surface area contributed by atoms with Crippen molar-refractivity contribution in [3.63, 3.8) is 0 Å². The van der Waals surface area contributed by atoms with Crippen LogP contribution in [0.3, 0.4) is 0 Å². The van der Waals surface area contributed by atoms with E-state index >= 15 is 0 Å². The zero-order chi connectivity index (χ0) is 18.1. The zero-order valence-electron chi connectivity index (χ0n) is 16.1. The molecule has 0 saturated carbocycles. The van der Waals surface area contributed by atoms with E-state index in [4.69, 9.17) is 0 Å². The average molecular weight is 353 g/mol. The van der Waals surface area contributed by atoms with E-state index in [1.807, 2.05) is 9.80 Å². The first-order chi connectivity index (χ1) is 12.1. The highest BCUT2D eigenvalue weighted by molar-refractivity contribution is 5.48. The molecule has 6 nitrogen and oxygen atoms in total. The highest BCUT2D eigenvalue weighted by Crippen LogP contribution is 2.14. The number of carbonyl (C=O) groups excluding carboxylic acids is 2. The van der Waals surface area contributed by atoms with Crippen molar-refractivity contribution < 1.29 is 9.59 Å². The summed E-state index contributed by atoms with van der Waals surface area (Å²) in [6, 6.07) is 0.781. The fourth-order valence-electron chi connectivity index (χ4n) is 3.79. The van der Waals surface area contributed by atoms with Gasteiger partial charge in [0.1, 0.15) is 0 Å². The van der Waals surface area contributed by atoms with Crippen LogP contribution in [0.4, 0.5) is 0 Å². The van der Waals surface area contributed by atoms with E-state index in [1.165, 1.54) is 32.1 Å². The molecule has 0 N–H and O–H groups in total. The molecule has 0 radical (unpaired) electrons. The molecule has 6 heteroatoms. The molecular formula is C19H36N4O2. The molecule has 0 aromatic carbocycles. The lowest BCUT2D eigenvalue weighted by Crippen LogP contribution is -2.48. The molecule has 2 atom stereocenters. The van der Waals surface area contributed by atoms with Gasteiger partial charge in [-0.25, -0.2) is 0 Å². The van der Waals surface area contributed by atoms with E-state index in [-0.39, 0.29) is 0 Å². The lowest BCUT2D eigenvalue weighted by Gasteiger charge is -2.38. The fourth-order valence-corrected chi connectivity index (χ4v) is 3.79. The van der Waals surface area contributed by atoms with Gasteiger partial charge in [-0.1, -0.05) is 19.3 Å². The van der Waals surface area contributed by atoms with Crippen LogP contribution >= 0.6 is 0 Å². The third kappa shape index (κ3) is 6.59. The lowest BCUT2D eigenvalue weighted by molar-refractivity contribution is -0.125. The summed E-state index contributed by atoms with van der Waals surface area (Å²) >= 11 is 0. The van der Waals surface area contributed by atoms with Crippen LogP contribution in [0.1, 0.15) is 58.8 Å². The third-order valence-corrected chi connectivity index (χ3v) is 5.80. The number of carbonyl (C=O) groups is 2. The summed E-state index contributed by atoms with van der Waals surface area (Å²) < 4.78 is 0. The van der Waals surface area contributed by atoms with Crippen molar-refractivity contribution in [2.24, 2.45) is 0 Å². The molecule has 2 heterocycles. The van der Waals surface area contributed by atoms with Gasteiger partial charge in [-0.15, -0.1) is 0 Å². The van der Waals surface area contributed by atoms with Gasteiger partial charge in [0.25, 0.3) is 0 Å². The Morgan fingerprint density at radius 1 is 0.720 bits per heavy atom. The van der Waals surface area contributed by atoms with Gasteiger partial charge in [0.2, 0.25) is 12.8 Å². The maximum Gasteiger partial charge on any atom is 0.210 e. The largest absolute Gasteiger partial charge is 0.330 e. The molecule has 0 unspecified atom stereocenters. The quantitative estimate of drug-likeness (QED) is 0.445. The minimum absolute atomic E-state index is 0.390. The minimum Gasteiger partial charge on any atom is -0.330 e. The van der Waals surface area contributed by atoms with Crippen LogP contribution in [0.2, 0.25) is 0 Å². The molecular weight excluding hydrogens is 316 g/mol. The predicted octanol–water partition coefficient (Wildman–Crippen LogP) is 1.96. The minimum atomic E-state index is 0.390. The fraction of sp³-hybridized carbons (Fsp3) is 0.895. The van der Waals surface area contributed by atoms with Crippen LogP contribution in [-0.2, 0) is 9.59 Å². The lowest BCUT2D eigenvalue weighted by atomic mass is 10.1. The molecule has 2 amide bonds. The van der Waals surface area contributed by atoms with Crippen molar-refractivity contribution in [3.05, 3.63) is 0 Å². The first kappa shape index (κ1) is 20.2. The van der Waals surface area contributed by atoms with Crippen molar-refractivity contribution in [3.8, 4) is 0 Å². The van der Waals surface area contributed by atoms with Gasteiger partial charge in [0, 0.05) is 25.2 Å². The van der Waals surface area contributed by atoms with Crippen molar-refractivity contribution in [1.29, 1.82) is 0 Å². The van der Waals surface area contributed by atoms with Gasteiger partial charge in [0.05, 0.1) is 13.3 Å². The number of unbranched alkanes of at least 4 members (excludes halogenated alkanes) is 4. The molecule has 0 aromatic heterocycles. The van der Waals surface area contributed by atoms with Gasteiger partial charge in [-0.3, -0.25) is 19.4 Å². The Balaban J connectivity index is 1.47. The van der Waals surface area contributed by atoms with E-state index in [9.17, 15) is 9.59 Å². The van der Waals surface area contributed by atoms with Crippen molar-refractivity contribution in [2.75, 3.05) is 39.5 Å². The zero-order valence-corrected chi connectivity index (χ0v) is 16.1. The smallest absolute Gasteiger partial charge is 0.210 e. The maximum absolute atomic E-state index is 11.0. The first-order valence-corrected chi connectivity index (χ1v) is 10.0. The Hall–Kier alpha value is -1.14. The predicted molar refractivity (Wildman–Crippen MR) is 99.9 cm³/mol. The van der Waals surface area contributed by atoms with Crippen molar-refractivity contribution in [2.45, 2.75) is 70.9 Å². The van der Waals surface area contributed by atoms with E-state index in [2.05, 4.69) is 23.6 Å². The summed E-state index contributed by atoms with van der Waals surface area (Å²) in [5.41, 5.74) is 0. The highest BCUT2D eigenvalue weighted by Gasteiger charge is 2.22. The maximum atomic E-state index is 11.0. The molecule has 2 aliphatic rings. The normalized spacial score (nSPS) is 26.0. The van der Waals surface area contributed by atoms with E-state index < -0.39 is 0 Å². The summed E-state index contributed by atoms with van der Waals surface area (Å²) in [6.45, 7) is 10.3. The summed E-state index contributed by atoms with van der Waals surface area (Å²) in [4.78, 5) is 30.7. The second kappa shape index (κ2) is 10.8. The number of hydrogen-bond donors (Lipinski definition) is 0. The monoisotopic (exact) mass is 352 g/mol. The highest BCUT2D eigenvalue weighted by atomic mass is 16.1. The second-order valence-electron chi connectivity index (χ2n) is 7.80. The summed E-state index contributed by atoms with van der Waals surface area (Å²) in [5.74, 6) is 0. The molecule has 0 bridgehead atoms. The van der Waals surface area contributed by atoms with Crippen LogP contribution in [0.15, 0.2) is 0 Å². The number of rotatable bonds is 10. The molecule has 2 fully saturated rings. The molecule has 0 aromatic rings. The van der Waals surface area contributed by atoms with Crippen LogP contribution in [0.25, 0.3) is 0 Å². The van der Waals surface area contributed by atoms with E-state index in [0.717, 1.165) is 65.2 Å². The number of amides is 2. The van der Waals surface area contributed by atoms with Crippen LogP contribution < -0.4 is 0 Å². The summed E-state index contributed by atoms with van der Waals surface area (Å²) in [7, 11) is 0. The molecule has 2 saturated heterocycles. The van der Waals surface area contributed by atoms with Crippen molar-refractivity contribution in [1.82, 2.24) is 19.6 Å². The van der Waals surface area contributed by atoms with Gasteiger partial charge in [-0.2, -0.15) is 0 Å². The molecule has 144 valence electrons. The topological polar surface area (TPSA) is 47.1 Å². The Morgan fingerprint density at radius 2 is 1.12 bits per heavy atom. The standard InChI is InChI=1S/C19H36N4O2/c1-18-8-12-20(14-22(18)16-24)10-6-4-3-5-7-11-21-13-9-19(2)23(15-21)17-25/h16-19H,3-15H2,1-2H3/t18-,19-/m0/s1. The summed E-state index contributed by atoms with van der Waals surface area (Å²) in [5, 5.41) is 0.